The van der Waals surface area contributed by atoms with Gasteiger partial charge in [-0.3, -0.25) is 4.79 Å². The van der Waals surface area contributed by atoms with Crippen molar-refractivity contribution in [2.45, 2.75) is 6.42 Å². The molecule has 0 unspecified atom stereocenters. The lowest BCUT2D eigenvalue weighted by Crippen LogP contribution is -2.26. The quantitative estimate of drug-likeness (QED) is 0.540. The van der Waals surface area contributed by atoms with Crippen LogP contribution < -0.4 is 5.32 Å². The van der Waals surface area contributed by atoms with Gasteiger partial charge in [-0.15, -0.1) is 0 Å². The van der Waals surface area contributed by atoms with Crippen molar-refractivity contribution in [3.8, 4) is 0 Å². The van der Waals surface area contributed by atoms with E-state index in [2.05, 4.69) is 20.3 Å². The first-order valence-corrected chi connectivity index (χ1v) is 7.70. The second-order valence-corrected chi connectivity index (χ2v) is 5.59. The van der Waals surface area contributed by atoms with Crippen molar-refractivity contribution in [1.82, 2.24) is 20.3 Å². The second kappa shape index (κ2) is 5.81. The molecule has 0 saturated heterocycles. The molecule has 2 aromatic carbocycles. The normalized spacial score (nSPS) is 11.2. The molecular weight excluding hydrogens is 307 g/mol. The van der Waals surface area contributed by atoms with Gasteiger partial charge in [0.2, 0.25) is 0 Å². The number of carbonyl (C=O) groups excluding carboxylic acids is 1. The van der Waals surface area contributed by atoms with Crippen LogP contribution in [0.4, 0.5) is 4.39 Å². The van der Waals surface area contributed by atoms with Gasteiger partial charge in [0.05, 0.1) is 11.0 Å². The van der Waals surface area contributed by atoms with Crippen LogP contribution in [-0.2, 0) is 6.42 Å². The van der Waals surface area contributed by atoms with Crippen LogP contribution >= 0.6 is 0 Å². The Kier molecular flexibility index (Phi) is 3.49. The van der Waals surface area contributed by atoms with Crippen molar-refractivity contribution in [2.24, 2.45) is 0 Å². The zero-order valence-corrected chi connectivity index (χ0v) is 12.8. The van der Waals surface area contributed by atoms with Crippen LogP contribution in [0.3, 0.4) is 0 Å². The van der Waals surface area contributed by atoms with E-state index >= 15 is 0 Å². The number of nitrogens with one attached hydrogen (secondary N) is 3. The summed E-state index contributed by atoms with van der Waals surface area (Å²) in [6, 6.07) is 14.0. The van der Waals surface area contributed by atoms with E-state index in [1.807, 2.05) is 24.3 Å². The largest absolute Gasteiger partial charge is 0.350 e. The number of halogens is 1. The number of aromatic amines is 2. The molecule has 0 atom stereocenters. The number of fused-ring (bicyclic) bond motifs is 2. The van der Waals surface area contributed by atoms with E-state index in [9.17, 15) is 9.18 Å². The first-order valence-electron chi connectivity index (χ1n) is 7.70. The van der Waals surface area contributed by atoms with E-state index < -0.39 is 0 Å². The Morgan fingerprint density at radius 1 is 1.08 bits per heavy atom. The van der Waals surface area contributed by atoms with Crippen LogP contribution in [0.1, 0.15) is 16.3 Å². The Bertz CT molecular complexity index is 1000. The Labute approximate surface area is 136 Å². The van der Waals surface area contributed by atoms with Gasteiger partial charge in [-0.2, -0.15) is 0 Å². The molecule has 4 aromatic rings. The number of hydrogen-bond acceptors (Lipinski definition) is 2. The van der Waals surface area contributed by atoms with Crippen molar-refractivity contribution in [2.75, 3.05) is 6.54 Å². The van der Waals surface area contributed by atoms with Crippen LogP contribution in [0.25, 0.3) is 21.9 Å². The summed E-state index contributed by atoms with van der Waals surface area (Å²) in [5.41, 5.74) is 2.84. The van der Waals surface area contributed by atoms with Gasteiger partial charge in [0.15, 0.2) is 0 Å². The first kappa shape index (κ1) is 14.4. The van der Waals surface area contributed by atoms with E-state index in [4.69, 9.17) is 0 Å². The van der Waals surface area contributed by atoms with Crippen molar-refractivity contribution >= 4 is 27.8 Å². The first-order chi connectivity index (χ1) is 11.7. The molecule has 0 bridgehead atoms. The van der Waals surface area contributed by atoms with E-state index in [1.165, 1.54) is 12.1 Å². The van der Waals surface area contributed by atoms with E-state index in [0.717, 1.165) is 16.9 Å². The molecule has 0 saturated carbocycles. The highest BCUT2D eigenvalue weighted by Crippen LogP contribution is 2.18. The molecule has 4 rings (SSSR count). The summed E-state index contributed by atoms with van der Waals surface area (Å²) < 4.78 is 13.7. The van der Waals surface area contributed by atoms with Crippen LogP contribution in [-0.4, -0.2) is 27.4 Å². The minimum Gasteiger partial charge on any atom is -0.350 e. The molecule has 0 spiro atoms. The molecule has 1 amide bonds. The number of nitrogens with zero attached hydrogens (tertiary/aromatic N) is 1. The topological polar surface area (TPSA) is 73.6 Å². The molecule has 120 valence electrons. The Hall–Kier alpha value is -3.15. The van der Waals surface area contributed by atoms with Crippen molar-refractivity contribution in [3.63, 3.8) is 0 Å². The maximum atomic E-state index is 13.7. The molecule has 5 nitrogen and oxygen atoms in total. The predicted molar refractivity (Wildman–Crippen MR) is 90.4 cm³/mol. The summed E-state index contributed by atoms with van der Waals surface area (Å²) >= 11 is 0. The summed E-state index contributed by atoms with van der Waals surface area (Å²) in [6.45, 7) is 0.441. The van der Waals surface area contributed by atoms with E-state index in [1.54, 1.807) is 12.1 Å². The number of imidazole rings is 1. The zero-order valence-electron chi connectivity index (χ0n) is 12.8. The lowest BCUT2D eigenvalue weighted by molar-refractivity contribution is 0.0950. The molecule has 3 N–H and O–H groups in total. The molecule has 6 heteroatoms. The van der Waals surface area contributed by atoms with Gasteiger partial charge < -0.3 is 15.3 Å². The average molecular weight is 322 g/mol. The molecule has 0 fully saturated rings. The molecule has 2 heterocycles. The molecule has 0 aliphatic carbocycles. The summed E-state index contributed by atoms with van der Waals surface area (Å²) in [7, 11) is 0. The van der Waals surface area contributed by atoms with Gasteiger partial charge in [-0.25, -0.2) is 9.37 Å². The van der Waals surface area contributed by atoms with Crippen LogP contribution in [0.2, 0.25) is 0 Å². The number of para-hydroxylation sites is 2. The van der Waals surface area contributed by atoms with E-state index in [0.29, 0.717) is 29.6 Å². The molecule has 24 heavy (non-hydrogen) atoms. The number of benzene rings is 2. The third kappa shape index (κ3) is 2.62. The smallest absolute Gasteiger partial charge is 0.267 e. The van der Waals surface area contributed by atoms with Gasteiger partial charge in [0.25, 0.3) is 5.91 Å². The summed E-state index contributed by atoms with van der Waals surface area (Å²) in [5, 5.41) is 3.24. The van der Waals surface area contributed by atoms with Crippen molar-refractivity contribution in [1.29, 1.82) is 0 Å². The van der Waals surface area contributed by atoms with Gasteiger partial charge >= 0.3 is 0 Å². The number of H-pyrrole nitrogens is 2. The average Bonchev–Trinajstić information content (AvgIpc) is 3.18. The molecule has 0 aliphatic rings. The van der Waals surface area contributed by atoms with Crippen LogP contribution in [0, 0.1) is 5.82 Å². The van der Waals surface area contributed by atoms with Gasteiger partial charge in [-0.05, 0) is 30.3 Å². The van der Waals surface area contributed by atoms with E-state index in [-0.39, 0.29) is 11.7 Å². The lowest BCUT2D eigenvalue weighted by Gasteiger charge is -2.01. The second-order valence-electron chi connectivity index (χ2n) is 5.59. The molecule has 0 radical (unpaired) electrons. The van der Waals surface area contributed by atoms with Crippen LogP contribution in [0.15, 0.2) is 48.5 Å². The van der Waals surface area contributed by atoms with Gasteiger partial charge in [-0.1, -0.05) is 18.2 Å². The lowest BCUT2D eigenvalue weighted by atomic mass is 10.2. The maximum Gasteiger partial charge on any atom is 0.267 e. The molecule has 0 aliphatic heterocycles. The van der Waals surface area contributed by atoms with Gasteiger partial charge in [0.1, 0.15) is 17.3 Å². The zero-order chi connectivity index (χ0) is 16.5. The predicted octanol–water partition coefficient (Wildman–Crippen LogP) is 3.16. The summed E-state index contributed by atoms with van der Waals surface area (Å²) in [6.07, 6.45) is 0.592. The van der Waals surface area contributed by atoms with Crippen molar-refractivity contribution in [3.05, 3.63) is 65.9 Å². The number of hydrogen-bond donors (Lipinski definition) is 3. The highest BCUT2D eigenvalue weighted by atomic mass is 19.1. The van der Waals surface area contributed by atoms with Crippen molar-refractivity contribution < 1.29 is 9.18 Å². The number of carbonyl (C=O) groups is 1. The van der Waals surface area contributed by atoms with Crippen LogP contribution in [0.5, 0.6) is 0 Å². The third-order valence-corrected chi connectivity index (χ3v) is 3.94. The summed E-state index contributed by atoms with van der Waals surface area (Å²) in [5.74, 6) is 0.214. The Morgan fingerprint density at radius 2 is 1.92 bits per heavy atom. The molecular formula is C18H15FN4O. The fourth-order valence-corrected chi connectivity index (χ4v) is 2.75. The maximum absolute atomic E-state index is 13.7. The monoisotopic (exact) mass is 322 g/mol. The third-order valence-electron chi connectivity index (χ3n) is 3.94. The fraction of sp³-hybridized carbons (Fsp3) is 0.111. The minimum atomic E-state index is -0.343. The molecule has 2 aromatic heterocycles. The Balaban J connectivity index is 1.43. The number of rotatable bonds is 4. The number of aromatic nitrogens is 3. The fourth-order valence-electron chi connectivity index (χ4n) is 2.75. The minimum absolute atomic E-state index is 0.262. The van der Waals surface area contributed by atoms with Gasteiger partial charge in [0, 0.05) is 23.9 Å². The standard InChI is InChI=1S/C18H15FN4O/c19-12-4-3-7-13-11(12)10-16(21-13)18(24)20-9-8-17-22-14-5-1-2-6-15(14)23-17/h1-7,10,21H,8-9H2,(H,20,24)(H,22,23). The SMILES string of the molecule is O=C(NCCc1nc2ccccc2[nH]1)c1cc2c(F)cccc2[nH]1. The Morgan fingerprint density at radius 3 is 2.75 bits per heavy atom. The highest BCUT2D eigenvalue weighted by Gasteiger charge is 2.11. The highest BCUT2D eigenvalue weighted by molar-refractivity contribution is 5.98. The number of amides is 1. The summed E-state index contributed by atoms with van der Waals surface area (Å²) in [4.78, 5) is 22.8.